The predicted octanol–water partition coefficient (Wildman–Crippen LogP) is 2.87. The monoisotopic (exact) mass is 292 g/mol. The smallest absolute Gasteiger partial charge is 0.221 e. The van der Waals surface area contributed by atoms with E-state index in [2.05, 4.69) is 23.6 Å². The van der Waals surface area contributed by atoms with Gasteiger partial charge < -0.3 is 15.4 Å². The molecule has 118 valence electrons. The van der Waals surface area contributed by atoms with E-state index < -0.39 is 0 Å². The van der Waals surface area contributed by atoms with E-state index in [1.54, 1.807) is 0 Å². The van der Waals surface area contributed by atoms with Crippen molar-refractivity contribution in [3.05, 3.63) is 29.8 Å². The molecule has 0 aliphatic rings. The Labute approximate surface area is 128 Å². The maximum atomic E-state index is 11.7. The number of ether oxygens (including phenoxy) is 1. The molecule has 0 aliphatic heterocycles. The van der Waals surface area contributed by atoms with Gasteiger partial charge in [-0.25, -0.2) is 0 Å². The van der Waals surface area contributed by atoms with Crippen molar-refractivity contribution >= 4 is 5.91 Å². The van der Waals surface area contributed by atoms with Gasteiger partial charge >= 0.3 is 0 Å². The number of benzene rings is 1. The topological polar surface area (TPSA) is 50.4 Å². The standard InChI is InChI=1S/C17H28N2O2/c1-5-11-21-15-8-6-7-14(12-15)13-18-10-9-16(20)19-17(2,3)4/h6-8,12,18H,5,9-11,13H2,1-4H3,(H,19,20). The van der Waals surface area contributed by atoms with E-state index in [4.69, 9.17) is 4.74 Å². The number of hydrogen-bond donors (Lipinski definition) is 2. The number of carbonyl (C=O) groups excluding carboxylic acids is 1. The Morgan fingerprint density at radius 1 is 1.29 bits per heavy atom. The average molecular weight is 292 g/mol. The molecule has 4 nitrogen and oxygen atoms in total. The first-order chi connectivity index (χ1) is 9.90. The van der Waals surface area contributed by atoms with Crippen LogP contribution in [0, 0.1) is 0 Å². The second-order valence-electron chi connectivity index (χ2n) is 6.22. The summed E-state index contributed by atoms with van der Waals surface area (Å²) in [4.78, 5) is 11.7. The van der Waals surface area contributed by atoms with Crippen LogP contribution in [0.25, 0.3) is 0 Å². The summed E-state index contributed by atoms with van der Waals surface area (Å²) < 4.78 is 5.60. The van der Waals surface area contributed by atoms with Crippen LogP contribution in [0.2, 0.25) is 0 Å². The SMILES string of the molecule is CCCOc1cccc(CNCCC(=O)NC(C)(C)C)c1. The molecule has 2 N–H and O–H groups in total. The molecule has 0 bridgehead atoms. The molecule has 1 aromatic carbocycles. The second-order valence-corrected chi connectivity index (χ2v) is 6.22. The summed E-state index contributed by atoms with van der Waals surface area (Å²) in [6.07, 6.45) is 1.49. The van der Waals surface area contributed by atoms with Crippen LogP contribution in [-0.4, -0.2) is 24.6 Å². The third-order valence-electron chi connectivity index (χ3n) is 2.74. The highest BCUT2D eigenvalue weighted by molar-refractivity contribution is 5.76. The average Bonchev–Trinajstić information content (AvgIpc) is 2.40. The fourth-order valence-electron chi connectivity index (χ4n) is 1.88. The minimum Gasteiger partial charge on any atom is -0.494 e. The van der Waals surface area contributed by atoms with Crippen molar-refractivity contribution in [2.45, 2.75) is 52.6 Å². The van der Waals surface area contributed by atoms with Crippen molar-refractivity contribution in [3.8, 4) is 5.75 Å². The van der Waals surface area contributed by atoms with Crippen LogP contribution < -0.4 is 15.4 Å². The van der Waals surface area contributed by atoms with Gasteiger partial charge in [0.15, 0.2) is 0 Å². The first-order valence-corrected chi connectivity index (χ1v) is 7.64. The van der Waals surface area contributed by atoms with Crippen LogP contribution >= 0.6 is 0 Å². The van der Waals surface area contributed by atoms with E-state index >= 15 is 0 Å². The molecule has 1 amide bonds. The zero-order chi connectivity index (χ0) is 15.7. The van der Waals surface area contributed by atoms with Crippen LogP contribution in [0.1, 0.15) is 46.1 Å². The van der Waals surface area contributed by atoms with Gasteiger partial charge in [0.05, 0.1) is 6.61 Å². The zero-order valence-corrected chi connectivity index (χ0v) is 13.7. The molecule has 0 aromatic heterocycles. The first-order valence-electron chi connectivity index (χ1n) is 7.64. The van der Waals surface area contributed by atoms with Crippen molar-refractivity contribution in [1.82, 2.24) is 10.6 Å². The Balaban J connectivity index is 2.28. The molecule has 0 unspecified atom stereocenters. The maximum absolute atomic E-state index is 11.7. The van der Waals surface area contributed by atoms with Gasteiger partial charge in [-0.1, -0.05) is 19.1 Å². The fourth-order valence-corrected chi connectivity index (χ4v) is 1.88. The van der Waals surface area contributed by atoms with E-state index in [9.17, 15) is 4.79 Å². The molecule has 0 fully saturated rings. The number of carbonyl (C=O) groups is 1. The molecule has 0 radical (unpaired) electrons. The molecule has 0 spiro atoms. The maximum Gasteiger partial charge on any atom is 0.221 e. The minimum absolute atomic E-state index is 0.0787. The molecule has 0 atom stereocenters. The van der Waals surface area contributed by atoms with E-state index in [1.165, 1.54) is 5.56 Å². The highest BCUT2D eigenvalue weighted by Gasteiger charge is 2.12. The van der Waals surface area contributed by atoms with Gasteiger partial charge in [-0.15, -0.1) is 0 Å². The lowest BCUT2D eigenvalue weighted by atomic mass is 10.1. The Hall–Kier alpha value is -1.55. The molecule has 0 heterocycles. The van der Waals surface area contributed by atoms with Gasteiger partial charge in [-0.3, -0.25) is 4.79 Å². The van der Waals surface area contributed by atoms with E-state index in [0.29, 0.717) is 13.0 Å². The number of nitrogens with one attached hydrogen (secondary N) is 2. The van der Waals surface area contributed by atoms with Crippen LogP contribution in [0.15, 0.2) is 24.3 Å². The summed E-state index contributed by atoms with van der Waals surface area (Å²) in [5.74, 6) is 0.983. The highest BCUT2D eigenvalue weighted by Crippen LogP contribution is 2.13. The second kappa shape index (κ2) is 8.67. The van der Waals surface area contributed by atoms with Crippen molar-refractivity contribution < 1.29 is 9.53 Å². The van der Waals surface area contributed by atoms with Crippen LogP contribution in [0.3, 0.4) is 0 Å². The van der Waals surface area contributed by atoms with Gasteiger partial charge in [0.1, 0.15) is 5.75 Å². The summed E-state index contributed by atoms with van der Waals surface area (Å²) >= 11 is 0. The van der Waals surface area contributed by atoms with Gasteiger partial charge in [0.25, 0.3) is 0 Å². The Morgan fingerprint density at radius 2 is 2.05 bits per heavy atom. The summed E-state index contributed by atoms with van der Waals surface area (Å²) in [6, 6.07) is 8.06. The van der Waals surface area contributed by atoms with Crippen molar-refractivity contribution in [3.63, 3.8) is 0 Å². The normalized spacial score (nSPS) is 11.2. The molecular formula is C17H28N2O2. The quantitative estimate of drug-likeness (QED) is 0.724. The van der Waals surface area contributed by atoms with Crippen molar-refractivity contribution in [1.29, 1.82) is 0 Å². The predicted molar refractivity (Wildman–Crippen MR) is 86.4 cm³/mol. The van der Waals surface area contributed by atoms with Crippen molar-refractivity contribution in [2.24, 2.45) is 0 Å². The third-order valence-corrected chi connectivity index (χ3v) is 2.74. The molecule has 1 aromatic rings. The Bertz CT molecular complexity index is 439. The lowest BCUT2D eigenvalue weighted by Crippen LogP contribution is -2.41. The summed E-state index contributed by atoms with van der Waals surface area (Å²) in [5.41, 5.74) is 1.00. The minimum atomic E-state index is -0.165. The summed E-state index contributed by atoms with van der Waals surface area (Å²) in [6.45, 7) is 10.2. The Kier molecular flexibility index (Phi) is 7.23. The molecule has 0 saturated heterocycles. The molecule has 1 rings (SSSR count). The molecule has 21 heavy (non-hydrogen) atoms. The van der Waals surface area contributed by atoms with Crippen LogP contribution in [-0.2, 0) is 11.3 Å². The van der Waals surface area contributed by atoms with E-state index in [-0.39, 0.29) is 11.4 Å². The molecular weight excluding hydrogens is 264 g/mol. The van der Waals surface area contributed by atoms with Crippen LogP contribution in [0.4, 0.5) is 0 Å². The van der Waals surface area contributed by atoms with E-state index in [0.717, 1.165) is 25.3 Å². The van der Waals surface area contributed by atoms with Gasteiger partial charge in [-0.2, -0.15) is 0 Å². The number of amides is 1. The summed E-state index contributed by atoms with van der Waals surface area (Å²) in [5, 5.41) is 6.24. The molecule has 0 saturated carbocycles. The first kappa shape index (κ1) is 17.5. The lowest BCUT2D eigenvalue weighted by Gasteiger charge is -2.20. The van der Waals surface area contributed by atoms with Gasteiger partial charge in [0.2, 0.25) is 5.91 Å². The largest absolute Gasteiger partial charge is 0.494 e. The van der Waals surface area contributed by atoms with Gasteiger partial charge in [-0.05, 0) is 44.9 Å². The third kappa shape index (κ3) is 8.35. The zero-order valence-electron chi connectivity index (χ0n) is 13.7. The van der Waals surface area contributed by atoms with Gasteiger partial charge in [0, 0.05) is 25.0 Å². The lowest BCUT2D eigenvalue weighted by molar-refractivity contribution is -0.122. The number of hydrogen-bond acceptors (Lipinski definition) is 3. The fraction of sp³-hybridized carbons (Fsp3) is 0.588. The summed E-state index contributed by atoms with van der Waals surface area (Å²) in [7, 11) is 0. The van der Waals surface area contributed by atoms with E-state index in [1.807, 2.05) is 39.0 Å². The number of rotatable bonds is 8. The molecule has 0 aliphatic carbocycles. The van der Waals surface area contributed by atoms with Crippen molar-refractivity contribution in [2.75, 3.05) is 13.2 Å². The van der Waals surface area contributed by atoms with Crippen LogP contribution in [0.5, 0.6) is 5.75 Å². The highest BCUT2D eigenvalue weighted by atomic mass is 16.5. The Morgan fingerprint density at radius 3 is 2.71 bits per heavy atom. The molecule has 4 heteroatoms.